The first-order valence-corrected chi connectivity index (χ1v) is 7.36. The second kappa shape index (κ2) is 8.13. The van der Waals surface area contributed by atoms with Gasteiger partial charge in [-0.3, -0.25) is 0 Å². The van der Waals surface area contributed by atoms with Gasteiger partial charge in [-0.2, -0.15) is 0 Å². The van der Waals surface area contributed by atoms with Crippen LogP contribution in [0, 0.1) is 11.8 Å². The SMILES string of the molecule is CC(C)CC(CN)(CC(C)C)NC(C)CC(C)O. The lowest BCUT2D eigenvalue weighted by molar-refractivity contribution is 0.146. The maximum Gasteiger partial charge on any atom is 0.0526 e. The summed E-state index contributed by atoms with van der Waals surface area (Å²) in [6.07, 6.45) is 2.69. The Hall–Kier alpha value is -0.120. The van der Waals surface area contributed by atoms with Crippen LogP contribution in [0.2, 0.25) is 0 Å². The first-order chi connectivity index (χ1) is 8.20. The minimum Gasteiger partial charge on any atom is -0.393 e. The molecule has 0 radical (unpaired) electrons. The molecule has 0 heterocycles. The van der Waals surface area contributed by atoms with Crippen molar-refractivity contribution >= 4 is 0 Å². The number of hydrogen-bond donors (Lipinski definition) is 3. The van der Waals surface area contributed by atoms with E-state index in [0.29, 0.717) is 24.4 Å². The Morgan fingerprint density at radius 2 is 1.44 bits per heavy atom. The molecule has 3 nitrogen and oxygen atoms in total. The quantitative estimate of drug-likeness (QED) is 0.595. The summed E-state index contributed by atoms with van der Waals surface area (Å²) in [4.78, 5) is 0. The second-order valence-electron chi connectivity index (χ2n) is 6.81. The third-order valence-electron chi connectivity index (χ3n) is 3.24. The Morgan fingerprint density at radius 1 is 1.00 bits per heavy atom. The molecule has 0 saturated carbocycles. The minimum atomic E-state index is -0.263. The Morgan fingerprint density at radius 3 is 1.72 bits per heavy atom. The van der Waals surface area contributed by atoms with E-state index < -0.39 is 0 Å². The van der Waals surface area contributed by atoms with E-state index in [1.165, 1.54) is 0 Å². The Balaban J connectivity index is 4.71. The van der Waals surface area contributed by atoms with Crippen LogP contribution in [0.5, 0.6) is 0 Å². The fourth-order valence-corrected chi connectivity index (χ4v) is 3.08. The molecule has 0 aromatic rings. The summed E-state index contributed by atoms with van der Waals surface area (Å²) in [5.41, 5.74) is 6.07. The molecule has 0 saturated heterocycles. The van der Waals surface area contributed by atoms with Crippen molar-refractivity contribution in [1.82, 2.24) is 5.32 Å². The maximum atomic E-state index is 9.48. The third-order valence-corrected chi connectivity index (χ3v) is 3.24. The van der Waals surface area contributed by atoms with Gasteiger partial charge in [-0.25, -0.2) is 0 Å². The Labute approximate surface area is 114 Å². The number of aliphatic hydroxyl groups is 1. The zero-order valence-electron chi connectivity index (χ0n) is 13.2. The maximum absolute atomic E-state index is 9.48. The van der Waals surface area contributed by atoms with E-state index >= 15 is 0 Å². The number of nitrogens with two attached hydrogens (primary N) is 1. The summed E-state index contributed by atoms with van der Waals surface area (Å²) >= 11 is 0. The van der Waals surface area contributed by atoms with Crippen molar-refractivity contribution in [3.63, 3.8) is 0 Å². The molecule has 2 unspecified atom stereocenters. The van der Waals surface area contributed by atoms with E-state index in [4.69, 9.17) is 5.73 Å². The monoisotopic (exact) mass is 258 g/mol. The largest absolute Gasteiger partial charge is 0.393 e. The van der Waals surface area contributed by atoms with Crippen molar-refractivity contribution in [1.29, 1.82) is 0 Å². The molecule has 0 rings (SSSR count). The van der Waals surface area contributed by atoms with E-state index in [9.17, 15) is 5.11 Å². The summed E-state index contributed by atoms with van der Waals surface area (Å²) in [5, 5.41) is 13.2. The van der Waals surface area contributed by atoms with Crippen LogP contribution < -0.4 is 11.1 Å². The lowest BCUT2D eigenvalue weighted by atomic mass is 9.81. The number of rotatable bonds is 9. The number of aliphatic hydroxyl groups excluding tert-OH is 1. The van der Waals surface area contributed by atoms with Crippen molar-refractivity contribution in [3.05, 3.63) is 0 Å². The molecule has 2 atom stereocenters. The van der Waals surface area contributed by atoms with Gasteiger partial charge in [0.25, 0.3) is 0 Å². The van der Waals surface area contributed by atoms with Crippen molar-refractivity contribution in [2.75, 3.05) is 6.54 Å². The van der Waals surface area contributed by atoms with Crippen LogP contribution in [-0.2, 0) is 0 Å². The van der Waals surface area contributed by atoms with Crippen LogP contribution in [0.15, 0.2) is 0 Å². The molecule has 110 valence electrons. The molecule has 0 fully saturated rings. The van der Waals surface area contributed by atoms with E-state index in [-0.39, 0.29) is 11.6 Å². The lowest BCUT2D eigenvalue weighted by Crippen LogP contribution is -2.56. The van der Waals surface area contributed by atoms with Crippen LogP contribution >= 0.6 is 0 Å². The molecular formula is C15H34N2O. The fraction of sp³-hybridized carbons (Fsp3) is 1.00. The van der Waals surface area contributed by atoms with Gasteiger partial charge in [-0.05, 0) is 44.9 Å². The summed E-state index contributed by atoms with van der Waals surface area (Å²) in [6.45, 7) is 13.6. The first kappa shape index (κ1) is 17.9. The highest BCUT2D eigenvalue weighted by Gasteiger charge is 2.31. The first-order valence-electron chi connectivity index (χ1n) is 7.36. The van der Waals surface area contributed by atoms with Crippen LogP contribution in [-0.4, -0.2) is 29.3 Å². The molecule has 0 aliphatic heterocycles. The van der Waals surface area contributed by atoms with Gasteiger partial charge in [0, 0.05) is 18.1 Å². The smallest absolute Gasteiger partial charge is 0.0526 e. The van der Waals surface area contributed by atoms with E-state index in [2.05, 4.69) is 39.9 Å². The Kier molecular flexibility index (Phi) is 8.08. The summed E-state index contributed by atoms with van der Waals surface area (Å²) in [7, 11) is 0. The molecule has 0 aliphatic rings. The zero-order chi connectivity index (χ0) is 14.3. The van der Waals surface area contributed by atoms with Gasteiger partial charge >= 0.3 is 0 Å². The van der Waals surface area contributed by atoms with E-state index in [0.717, 1.165) is 19.3 Å². The average Bonchev–Trinajstić information content (AvgIpc) is 2.13. The average molecular weight is 258 g/mol. The molecule has 0 bridgehead atoms. The van der Waals surface area contributed by atoms with Crippen LogP contribution in [0.1, 0.15) is 60.8 Å². The van der Waals surface area contributed by atoms with Gasteiger partial charge < -0.3 is 16.2 Å². The highest BCUT2D eigenvalue weighted by Crippen LogP contribution is 2.25. The summed E-state index contributed by atoms with van der Waals surface area (Å²) in [6, 6.07) is 0.297. The normalized spacial score (nSPS) is 16.3. The molecule has 0 spiro atoms. The third kappa shape index (κ3) is 7.34. The topological polar surface area (TPSA) is 58.3 Å². The van der Waals surface area contributed by atoms with E-state index in [1.807, 2.05) is 6.92 Å². The van der Waals surface area contributed by atoms with Crippen LogP contribution in [0.3, 0.4) is 0 Å². The number of hydrogen-bond acceptors (Lipinski definition) is 3. The number of nitrogens with one attached hydrogen (secondary N) is 1. The van der Waals surface area contributed by atoms with Gasteiger partial charge in [-0.1, -0.05) is 27.7 Å². The predicted molar refractivity (Wildman–Crippen MR) is 79.6 cm³/mol. The molecule has 4 N–H and O–H groups in total. The molecule has 0 aromatic heterocycles. The van der Waals surface area contributed by atoms with Gasteiger partial charge in [-0.15, -0.1) is 0 Å². The summed E-state index contributed by atoms with van der Waals surface area (Å²) in [5.74, 6) is 1.25. The lowest BCUT2D eigenvalue weighted by Gasteiger charge is -2.39. The molecule has 18 heavy (non-hydrogen) atoms. The fourth-order valence-electron chi connectivity index (χ4n) is 3.08. The highest BCUT2D eigenvalue weighted by atomic mass is 16.3. The molecular weight excluding hydrogens is 224 g/mol. The molecule has 0 aliphatic carbocycles. The van der Waals surface area contributed by atoms with Crippen LogP contribution in [0.4, 0.5) is 0 Å². The summed E-state index contributed by atoms with van der Waals surface area (Å²) < 4.78 is 0. The molecule has 0 aromatic carbocycles. The molecule has 0 amide bonds. The zero-order valence-corrected chi connectivity index (χ0v) is 13.2. The van der Waals surface area contributed by atoms with Gasteiger partial charge in [0.2, 0.25) is 0 Å². The minimum absolute atomic E-state index is 0.0106. The predicted octanol–water partition coefficient (Wildman–Crippen LogP) is 2.53. The van der Waals surface area contributed by atoms with Crippen molar-refractivity contribution in [3.8, 4) is 0 Å². The Bertz CT molecular complexity index is 205. The van der Waals surface area contributed by atoms with E-state index in [1.54, 1.807) is 0 Å². The van der Waals surface area contributed by atoms with Gasteiger partial charge in [0.05, 0.1) is 6.10 Å². The molecule has 3 heteroatoms. The van der Waals surface area contributed by atoms with Gasteiger partial charge in [0.1, 0.15) is 0 Å². The van der Waals surface area contributed by atoms with Crippen LogP contribution in [0.25, 0.3) is 0 Å². The van der Waals surface area contributed by atoms with Crippen molar-refractivity contribution < 1.29 is 5.11 Å². The second-order valence-corrected chi connectivity index (χ2v) is 6.81. The van der Waals surface area contributed by atoms with Crippen molar-refractivity contribution in [2.45, 2.75) is 78.5 Å². The van der Waals surface area contributed by atoms with Gasteiger partial charge in [0.15, 0.2) is 0 Å². The highest BCUT2D eigenvalue weighted by molar-refractivity contribution is 4.93. The standard InChI is InChI=1S/C15H34N2O/c1-11(2)8-15(10-16,9-12(3)4)17-13(5)7-14(6)18/h11-14,17-18H,7-10,16H2,1-6H3. The van der Waals surface area contributed by atoms with Crippen molar-refractivity contribution in [2.24, 2.45) is 17.6 Å².